The summed E-state index contributed by atoms with van der Waals surface area (Å²) in [5.74, 6) is 0.848. The Balaban J connectivity index is 2.07. The van der Waals surface area contributed by atoms with E-state index < -0.39 is 0 Å². The maximum absolute atomic E-state index is 6.04. The molecule has 0 radical (unpaired) electrons. The lowest BCUT2D eigenvalue weighted by Gasteiger charge is -2.28. The SMILES string of the molecule is Clc1ccc2c(c1)C1NCCC1CC2. The minimum atomic E-state index is 0.581. The van der Waals surface area contributed by atoms with Crippen LogP contribution in [0.4, 0.5) is 0 Å². The fourth-order valence-electron chi connectivity index (χ4n) is 2.86. The van der Waals surface area contributed by atoms with E-state index in [4.69, 9.17) is 11.6 Å². The number of halogens is 1. The first-order chi connectivity index (χ1) is 6.84. The van der Waals surface area contributed by atoms with Gasteiger partial charge in [-0.05, 0) is 55.0 Å². The molecule has 2 unspecified atom stereocenters. The average molecular weight is 208 g/mol. The summed E-state index contributed by atoms with van der Waals surface area (Å²) in [5, 5.41) is 4.46. The van der Waals surface area contributed by atoms with Crippen LogP contribution in [0.3, 0.4) is 0 Å². The minimum Gasteiger partial charge on any atom is -0.310 e. The number of hydrogen-bond donors (Lipinski definition) is 1. The molecule has 74 valence electrons. The van der Waals surface area contributed by atoms with Crippen molar-refractivity contribution in [2.45, 2.75) is 25.3 Å². The normalized spacial score (nSPS) is 29.8. The second-order valence-corrected chi connectivity index (χ2v) is 4.80. The third kappa shape index (κ3) is 1.27. The summed E-state index contributed by atoms with van der Waals surface area (Å²) < 4.78 is 0. The summed E-state index contributed by atoms with van der Waals surface area (Å²) in [7, 11) is 0. The Hall–Kier alpha value is -0.530. The van der Waals surface area contributed by atoms with Crippen LogP contribution in [0, 0.1) is 5.92 Å². The third-order valence-electron chi connectivity index (χ3n) is 3.58. The van der Waals surface area contributed by atoms with Gasteiger partial charge in [-0.15, -0.1) is 0 Å². The van der Waals surface area contributed by atoms with Gasteiger partial charge in [-0.25, -0.2) is 0 Å². The van der Waals surface area contributed by atoms with Gasteiger partial charge in [0, 0.05) is 11.1 Å². The van der Waals surface area contributed by atoms with Crippen molar-refractivity contribution in [3.05, 3.63) is 34.3 Å². The molecule has 2 atom stereocenters. The molecule has 0 saturated carbocycles. The predicted molar refractivity (Wildman–Crippen MR) is 58.6 cm³/mol. The van der Waals surface area contributed by atoms with Crippen LogP contribution >= 0.6 is 11.6 Å². The molecule has 3 rings (SSSR count). The van der Waals surface area contributed by atoms with Crippen molar-refractivity contribution in [2.75, 3.05) is 6.54 Å². The van der Waals surface area contributed by atoms with Gasteiger partial charge in [-0.3, -0.25) is 0 Å². The highest BCUT2D eigenvalue weighted by Gasteiger charge is 2.32. The quantitative estimate of drug-likeness (QED) is 0.690. The summed E-state index contributed by atoms with van der Waals surface area (Å²) in [6.45, 7) is 1.17. The molecule has 1 aromatic rings. The lowest BCUT2D eigenvalue weighted by molar-refractivity contribution is 0.405. The van der Waals surface area contributed by atoms with Gasteiger partial charge in [0.15, 0.2) is 0 Å². The number of hydrogen-bond acceptors (Lipinski definition) is 1. The van der Waals surface area contributed by atoms with E-state index in [2.05, 4.69) is 17.4 Å². The van der Waals surface area contributed by atoms with Gasteiger partial charge in [0.2, 0.25) is 0 Å². The summed E-state index contributed by atoms with van der Waals surface area (Å²) in [6.07, 6.45) is 3.90. The fraction of sp³-hybridized carbons (Fsp3) is 0.500. The molecule has 2 aliphatic rings. The van der Waals surface area contributed by atoms with E-state index in [1.807, 2.05) is 6.07 Å². The van der Waals surface area contributed by atoms with Crippen molar-refractivity contribution in [2.24, 2.45) is 5.92 Å². The van der Waals surface area contributed by atoms with Crippen LogP contribution in [0.2, 0.25) is 5.02 Å². The molecule has 0 spiro atoms. The molecule has 1 heterocycles. The molecule has 0 bridgehead atoms. The molecule has 1 aliphatic carbocycles. The summed E-state index contributed by atoms with van der Waals surface area (Å²) in [5.41, 5.74) is 2.94. The molecular formula is C12H14ClN. The van der Waals surface area contributed by atoms with Gasteiger partial charge in [0.1, 0.15) is 0 Å². The monoisotopic (exact) mass is 207 g/mol. The van der Waals surface area contributed by atoms with Gasteiger partial charge in [0.25, 0.3) is 0 Å². The smallest absolute Gasteiger partial charge is 0.0409 e. The lowest BCUT2D eigenvalue weighted by atomic mass is 9.81. The van der Waals surface area contributed by atoms with Crippen LogP contribution in [-0.2, 0) is 6.42 Å². The molecule has 1 aliphatic heterocycles. The van der Waals surface area contributed by atoms with Crippen molar-refractivity contribution in [1.29, 1.82) is 0 Å². The highest BCUT2D eigenvalue weighted by molar-refractivity contribution is 6.30. The molecule has 14 heavy (non-hydrogen) atoms. The van der Waals surface area contributed by atoms with Crippen LogP contribution < -0.4 is 5.32 Å². The Morgan fingerprint density at radius 1 is 1.29 bits per heavy atom. The Bertz CT molecular complexity index is 361. The maximum Gasteiger partial charge on any atom is 0.0409 e. The summed E-state index contributed by atoms with van der Waals surface area (Å²) >= 11 is 6.04. The molecular weight excluding hydrogens is 194 g/mol. The van der Waals surface area contributed by atoms with Gasteiger partial charge >= 0.3 is 0 Å². The number of aryl methyl sites for hydroxylation is 1. The molecule has 1 saturated heterocycles. The molecule has 1 N–H and O–H groups in total. The Morgan fingerprint density at radius 3 is 3.14 bits per heavy atom. The highest BCUT2D eigenvalue weighted by atomic mass is 35.5. The second-order valence-electron chi connectivity index (χ2n) is 4.36. The van der Waals surface area contributed by atoms with Crippen LogP contribution in [0.1, 0.15) is 30.0 Å². The van der Waals surface area contributed by atoms with Crippen molar-refractivity contribution >= 4 is 11.6 Å². The Kier molecular flexibility index (Phi) is 2.03. The van der Waals surface area contributed by atoms with E-state index in [-0.39, 0.29) is 0 Å². The number of rotatable bonds is 0. The van der Waals surface area contributed by atoms with Gasteiger partial charge in [-0.1, -0.05) is 17.7 Å². The number of benzene rings is 1. The van der Waals surface area contributed by atoms with E-state index in [1.165, 1.54) is 36.9 Å². The number of fused-ring (bicyclic) bond motifs is 3. The topological polar surface area (TPSA) is 12.0 Å². The average Bonchev–Trinajstić information content (AvgIpc) is 2.65. The van der Waals surface area contributed by atoms with Crippen molar-refractivity contribution < 1.29 is 0 Å². The first-order valence-corrected chi connectivity index (χ1v) is 5.74. The zero-order chi connectivity index (χ0) is 9.54. The molecule has 1 fully saturated rings. The highest BCUT2D eigenvalue weighted by Crippen LogP contribution is 2.40. The molecule has 0 amide bonds. The van der Waals surface area contributed by atoms with Crippen LogP contribution in [0.15, 0.2) is 18.2 Å². The van der Waals surface area contributed by atoms with Gasteiger partial charge in [0.05, 0.1) is 0 Å². The Labute approximate surface area is 89.5 Å². The minimum absolute atomic E-state index is 0.581. The van der Waals surface area contributed by atoms with E-state index in [9.17, 15) is 0 Å². The van der Waals surface area contributed by atoms with Crippen molar-refractivity contribution in [1.82, 2.24) is 5.32 Å². The van der Waals surface area contributed by atoms with E-state index in [1.54, 1.807) is 0 Å². The largest absolute Gasteiger partial charge is 0.310 e. The first kappa shape index (κ1) is 8.75. The lowest BCUT2D eigenvalue weighted by Crippen LogP contribution is -2.23. The van der Waals surface area contributed by atoms with Gasteiger partial charge in [-0.2, -0.15) is 0 Å². The zero-order valence-electron chi connectivity index (χ0n) is 8.09. The molecule has 2 heteroatoms. The summed E-state index contributed by atoms with van der Waals surface area (Å²) in [4.78, 5) is 0. The first-order valence-electron chi connectivity index (χ1n) is 5.36. The second kappa shape index (κ2) is 3.25. The standard InChI is InChI=1S/C12H14ClN/c13-10-4-3-8-1-2-9-5-6-14-12(9)11(8)7-10/h3-4,7,9,12,14H,1-2,5-6H2. The predicted octanol–water partition coefficient (Wildman–Crippen LogP) is 2.94. The van der Waals surface area contributed by atoms with Crippen LogP contribution in [-0.4, -0.2) is 6.54 Å². The summed E-state index contributed by atoms with van der Waals surface area (Å²) in [6, 6.07) is 6.92. The van der Waals surface area contributed by atoms with Gasteiger partial charge < -0.3 is 5.32 Å². The van der Waals surface area contributed by atoms with Crippen molar-refractivity contribution in [3.63, 3.8) is 0 Å². The zero-order valence-corrected chi connectivity index (χ0v) is 8.85. The van der Waals surface area contributed by atoms with Crippen LogP contribution in [0.25, 0.3) is 0 Å². The van der Waals surface area contributed by atoms with E-state index in [0.29, 0.717) is 6.04 Å². The third-order valence-corrected chi connectivity index (χ3v) is 3.81. The molecule has 0 aromatic heterocycles. The van der Waals surface area contributed by atoms with E-state index in [0.717, 1.165) is 10.9 Å². The molecule has 1 aromatic carbocycles. The van der Waals surface area contributed by atoms with Crippen LogP contribution in [0.5, 0.6) is 0 Å². The maximum atomic E-state index is 6.04. The van der Waals surface area contributed by atoms with E-state index >= 15 is 0 Å². The number of nitrogens with one attached hydrogen (secondary N) is 1. The molecule has 1 nitrogen and oxygen atoms in total. The Morgan fingerprint density at radius 2 is 2.21 bits per heavy atom. The van der Waals surface area contributed by atoms with Crippen molar-refractivity contribution in [3.8, 4) is 0 Å². The fourth-order valence-corrected chi connectivity index (χ4v) is 3.04.